The Morgan fingerprint density at radius 2 is 2.09 bits per heavy atom. The number of carbonyl (C=O) groups excluding carboxylic acids is 1. The van der Waals surface area contributed by atoms with Crippen LogP contribution in [0.25, 0.3) is 22.2 Å². The zero-order valence-electron chi connectivity index (χ0n) is 13.1. The van der Waals surface area contributed by atoms with Gasteiger partial charge in [0.25, 0.3) is 0 Å². The van der Waals surface area contributed by atoms with Crippen molar-refractivity contribution in [1.82, 2.24) is 19.3 Å². The molecule has 0 unspecified atom stereocenters. The maximum Gasteiger partial charge on any atom is 0.222 e. The summed E-state index contributed by atoms with van der Waals surface area (Å²) in [5.41, 5.74) is 2.79. The molecule has 3 aromatic heterocycles. The number of hydrogen-bond donors (Lipinski definition) is 2. The number of nitrogens with zero attached hydrogens (tertiary/aromatic N) is 3. The molecule has 23 heavy (non-hydrogen) atoms. The molecule has 3 heterocycles. The molecule has 0 atom stereocenters. The summed E-state index contributed by atoms with van der Waals surface area (Å²) in [7, 11) is 4.01. The van der Waals surface area contributed by atoms with Crippen molar-refractivity contribution in [2.45, 2.75) is 11.8 Å². The molecular weight excluding hydrogens is 310 g/mol. The van der Waals surface area contributed by atoms with Crippen molar-refractivity contribution in [2.24, 2.45) is 0 Å². The number of hydrogen-bond acceptors (Lipinski definition) is 5. The third-order valence-corrected chi connectivity index (χ3v) is 4.07. The summed E-state index contributed by atoms with van der Waals surface area (Å²) < 4.78 is 2.04. The zero-order valence-corrected chi connectivity index (χ0v) is 13.9. The Kier molecular flexibility index (Phi) is 4.31. The van der Waals surface area contributed by atoms with Crippen molar-refractivity contribution in [3.8, 4) is 11.1 Å². The van der Waals surface area contributed by atoms with Crippen LogP contribution in [-0.4, -0.2) is 39.3 Å². The fraction of sp³-hybridized carbons (Fsp3) is 0.188. The quantitative estimate of drug-likeness (QED) is 0.720. The van der Waals surface area contributed by atoms with Gasteiger partial charge in [0.05, 0.1) is 4.90 Å². The van der Waals surface area contributed by atoms with Crippen LogP contribution in [0, 0.1) is 0 Å². The fourth-order valence-corrected chi connectivity index (χ4v) is 3.03. The van der Waals surface area contributed by atoms with E-state index in [4.69, 9.17) is 0 Å². The molecule has 0 aliphatic carbocycles. The van der Waals surface area contributed by atoms with Crippen molar-refractivity contribution in [3.63, 3.8) is 0 Å². The Hall–Kier alpha value is -2.38. The number of fused-ring (bicyclic) bond motifs is 1. The van der Waals surface area contributed by atoms with Gasteiger partial charge in [-0.15, -0.1) is 0 Å². The van der Waals surface area contributed by atoms with Crippen LogP contribution in [0.5, 0.6) is 0 Å². The second-order valence-corrected chi connectivity index (χ2v) is 6.64. The van der Waals surface area contributed by atoms with E-state index in [1.807, 2.05) is 42.9 Å². The van der Waals surface area contributed by atoms with Gasteiger partial charge in [-0.05, 0) is 49.8 Å². The summed E-state index contributed by atoms with van der Waals surface area (Å²) in [6, 6.07) is 5.84. The molecule has 0 spiro atoms. The van der Waals surface area contributed by atoms with E-state index in [1.54, 1.807) is 18.1 Å². The van der Waals surface area contributed by atoms with Crippen molar-refractivity contribution in [2.75, 3.05) is 19.4 Å². The fourth-order valence-electron chi connectivity index (χ4n) is 2.27. The molecule has 0 radical (unpaired) electrons. The van der Waals surface area contributed by atoms with Gasteiger partial charge in [-0.25, -0.2) is 9.97 Å². The van der Waals surface area contributed by atoms with E-state index >= 15 is 0 Å². The minimum Gasteiger partial charge on any atom is -0.345 e. The summed E-state index contributed by atoms with van der Waals surface area (Å²) in [5.74, 6) is 0.394. The maximum absolute atomic E-state index is 11.2. The average molecular weight is 327 g/mol. The molecule has 1 amide bonds. The highest BCUT2D eigenvalue weighted by Crippen LogP contribution is 2.31. The number of nitrogens with one attached hydrogen (secondary N) is 2. The largest absolute Gasteiger partial charge is 0.345 e. The highest BCUT2D eigenvalue weighted by atomic mass is 32.2. The Morgan fingerprint density at radius 1 is 1.26 bits per heavy atom. The van der Waals surface area contributed by atoms with Crippen molar-refractivity contribution >= 4 is 34.7 Å². The molecule has 0 bridgehead atoms. The molecule has 6 nitrogen and oxygen atoms in total. The SMILES string of the molecule is CC(=O)Nc1cc(-c2cnc3[nH]cc(SN(C)C)c3c2)ccn1. The van der Waals surface area contributed by atoms with Crippen LogP contribution in [0.2, 0.25) is 0 Å². The van der Waals surface area contributed by atoms with E-state index in [9.17, 15) is 4.79 Å². The molecule has 2 N–H and O–H groups in total. The first-order valence-corrected chi connectivity index (χ1v) is 7.86. The molecule has 0 aromatic carbocycles. The van der Waals surface area contributed by atoms with Gasteiger partial charge in [-0.2, -0.15) is 0 Å². The lowest BCUT2D eigenvalue weighted by molar-refractivity contribution is -0.114. The van der Waals surface area contributed by atoms with Crippen LogP contribution in [0.1, 0.15) is 6.92 Å². The second-order valence-electron chi connectivity index (χ2n) is 5.29. The number of anilines is 1. The predicted octanol–water partition coefficient (Wildman–Crippen LogP) is 3.15. The van der Waals surface area contributed by atoms with Crippen LogP contribution >= 0.6 is 11.9 Å². The lowest BCUT2D eigenvalue weighted by atomic mass is 10.1. The molecule has 3 rings (SSSR count). The van der Waals surface area contributed by atoms with E-state index in [-0.39, 0.29) is 5.91 Å². The monoisotopic (exact) mass is 327 g/mol. The van der Waals surface area contributed by atoms with Crippen LogP contribution in [0.15, 0.2) is 41.7 Å². The molecule has 0 aliphatic heterocycles. The minimum atomic E-state index is -0.140. The van der Waals surface area contributed by atoms with E-state index in [0.717, 1.165) is 27.1 Å². The second kappa shape index (κ2) is 6.39. The molecule has 0 aliphatic rings. The molecule has 3 aromatic rings. The number of H-pyrrole nitrogens is 1. The number of amides is 1. The lowest BCUT2D eigenvalue weighted by Crippen LogP contribution is -2.07. The van der Waals surface area contributed by atoms with Gasteiger partial charge in [0, 0.05) is 36.5 Å². The van der Waals surface area contributed by atoms with E-state index < -0.39 is 0 Å². The van der Waals surface area contributed by atoms with Crippen molar-refractivity contribution < 1.29 is 4.79 Å². The van der Waals surface area contributed by atoms with Crippen molar-refractivity contribution in [3.05, 3.63) is 36.8 Å². The van der Waals surface area contributed by atoms with E-state index in [0.29, 0.717) is 5.82 Å². The van der Waals surface area contributed by atoms with Gasteiger partial charge >= 0.3 is 0 Å². The standard InChI is InChI=1S/C16H17N5OS/c1-10(22)20-15-7-11(4-5-17-15)12-6-13-14(23-21(2)3)9-19-16(13)18-8-12/h4-9H,1-3H3,(H,18,19)(H,17,20,22). The first-order valence-electron chi connectivity index (χ1n) is 7.09. The molecular formula is C16H17N5OS. The Morgan fingerprint density at radius 3 is 2.83 bits per heavy atom. The number of aromatic nitrogens is 3. The number of aromatic amines is 1. The van der Waals surface area contributed by atoms with Gasteiger partial charge in [-0.1, -0.05) is 0 Å². The number of carbonyl (C=O) groups is 1. The summed E-state index contributed by atoms with van der Waals surface area (Å²) in [6.45, 7) is 1.46. The average Bonchev–Trinajstić information content (AvgIpc) is 2.88. The summed E-state index contributed by atoms with van der Waals surface area (Å²) in [6.07, 6.45) is 5.45. The molecule has 0 fully saturated rings. The lowest BCUT2D eigenvalue weighted by Gasteiger charge is -2.08. The van der Waals surface area contributed by atoms with Crippen LogP contribution in [0.4, 0.5) is 5.82 Å². The van der Waals surface area contributed by atoms with Gasteiger partial charge in [0.15, 0.2) is 0 Å². The Bertz CT molecular complexity index is 859. The van der Waals surface area contributed by atoms with Gasteiger partial charge < -0.3 is 10.3 Å². The maximum atomic E-state index is 11.2. The molecule has 118 valence electrons. The van der Waals surface area contributed by atoms with E-state index in [1.165, 1.54) is 6.92 Å². The minimum absolute atomic E-state index is 0.140. The summed E-state index contributed by atoms with van der Waals surface area (Å²) in [5, 5.41) is 3.77. The highest BCUT2D eigenvalue weighted by Gasteiger charge is 2.09. The van der Waals surface area contributed by atoms with Gasteiger partial charge in [0.1, 0.15) is 11.5 Å². The van der Waals surface area contributed by atoms with Gasteiger partial charge in [0.2, 0.25) is 5.91 Å². The third kappa shape index (κ3) is 3.52. The number of pyridine rings is 2. The predicted molar refractivity (Wildman–Crippen MR) is 93.2 cm³/mol. The van der Waals surface area contributed by atoms with Crippen molar-refractivity contribution in [1.29, 1.82) is 0 Å². The van der Waals surface area contributed by atoms with Crippen LogP contribution in [-0.2, 0) is 4.79 Å². The first-order chi connectivity index (χ1) is 11.0. The smallest absolute Gasteiger partial charge is 0.222 e. The highest BCUT2D eigenvalue weighted by molar-refractivity contribution is 7.97. The normalized spacial score (nSPS) is 11.1. The Labute approximate surface area is 138 Å². The van der Waals surface area contributed by atoms with E-state index in [2.05, 4.69) is 26.3 Å². The van der Waals surface area contributed by atoms with Gasteiger partial charge in [-0.3, -0.25) is 9.10 Å². The molecule has 7 heteroatoms. The number of rotatable bonds is 4. The first kappa shape index (κ1) is 15.5. The van der Waals surface area contributed by atoms with Crippen LogP contribution in [0.3, 0.4) is 0 Å². The van der Waals surface area contributed by atoms with Crippen LogP contribution < -0.4 is 5.32 Å². The third-order valence-electron chi connectivity index (χ3n) is 3.17. The molecule has 0 saturated heterocycles. The summed E-state index contributed by atoms with van der Waals surface area (Å²) in [4.78, 5) is 24.1. The Balaban J connectivity index is 2.01. The zero-order chi connectivity index (χ0) is 16.4. The summed E-state index contributed by atoms with van der Waals surface area (Å²) >= 11 is 1.64. The topological polar surface area (TPSA) is 73.9 Å². The molecule has 0 saturated carbocycles.